The molecule has 1 aromatic heterocycles. The van der Waals surface area contributed by atoms with Gasteiger partial charge in [-0.3, -0.25) is 4.79 Å². The van der Waals surface area contributed by atoms with Crippen LogP contribution in [0.5, 0.6) is 0 Å². The molecule has 0 saturated heterocycles. The summed E-state index contributed by atoms with van der Waals surface area (Å²) in [5.74, 6) is 0.463. The molecule has 3 nitrogen and oxygen atoms in total. The number of pyridine rings is 1. The maximum absolute atomic E-state index is 10.9. The van der Waals surface area contributed by atoms with Crippen molar-refractivity contribution in [3.63, 3.8) is 0 Å². The Morgan fingerprint density at radius 2 is 2.07 bits per heavy atom. The molecule has 2 rings (SSSR count). The van der Waals surface area contributed by atoms with E-state index in [4.69, 9.17) is 0 Å². The molecule has 0 saturated carbocycles. The van der Waals surface area contributed by atoms with E-state index in [1.807, 2.05) is 24.3 Å². The van der Waals surface area contributed by atoms with E-state index in [-0.39, 0.29) is 5.91 Å². The normalized spacial score (nSPS) is 10.3. The van der Waals surface area contributed by atoms with Crippen LogP contribution in [0.3, 0.4) is 0 Å². The van der Waals surface area contributed by atoms with Gasteiger partial charge in [0.2, 0.25) is 5.91 Å². The van der Waals surface area contributed by atoms with Gasteiger partial charge in [-0.05, 0) is 24.3 Å². The maximum atomic E-state index is 10.9. The van der Waals surface area contributed by atoms with Crippen LogP contribution < -0.4 is 5.32 Å². The van der Waals surface area contributed by atoms with E-state index >= 15 is 0 Å². The highest BCUT2D eigenvalue weighted by Crippen LogP contribution is 2.19. The third-order valence-electron chi connectivity index (χ3n) is 1.96. The van der Waals surface area contributed by atoms with Gasteiger partial charge in [0.25, 0.3) is 0 Å². The van der Waals surface area contributed by atoms with Gasteiger partial charge in [0.1, 0.15) is 5.82 Å². The molecular weight excluding hydrogens is 256 g/mol. The van der Waals surface area contributed by atoms with Crippen LogP contribution in [0.25, 0.3) is 10.9 Å². The summed E-state index contributed by atoms with van der Waals surface area (Å²) in [4.78, 5) is 15.2. The predicted molar refractivity (Wildman–Crippen MR) is 63.7 cm³/mol. The molecule has 76 valence electrons. The number of rotatable bonds is 1. The highest BCUT2D eigenvalue weighted by Gasteiger charge is 2.00. The summed E-state index contributed by atoms with van der Waals surface area (Å²) in [6, 6.07) is 9.57. The van der Waals surface area contributed by atoms with E-state index in [2.05, 4.69) is 26.2 Å². The summed E-state index contributed by atoms with van der Waals surface area (Å²) in [7, 11) is 0. The van der Waals surface area contributed by atoms with Gasteiger partial charge in [0.15, 0.2) is 0 Å². The summed E-state index contributed by atoms with van der Waals surface area (Å²) < 4.78 is 0.975. The molecule has 1 N–H and O–H groups in total. The van der Waals surface area contributed by atoms with Gasteiger partial charge in [-0.25, -0.2) is 4.98 Å². The quantitative estimate of drug-likeness (QED) is 0.861. The molecule has 15 heavy (non-hydrogen) atoms. The summed E-state index contributed by atoms with van der Waals surface area (Å²) >= 11 is 3.38. The number of carbonyl (C=O) groups excluding carboxylic acids is 1. The molecule has 1 heterocycles. The number of hydrogen-bond donors (Lipinski definition) is 1. The lowest BCUT2D eigenvalue weighted by Gasteiger charge is -2.03. The minimum absolute atomic E-state index is 0.114. The second-order valence-electron chi connectivity index (χ2n) is 3.21. The zero-order valence-electron chi connectivity index (χ0n) is 8.12. The van der Waals surface area contributed by atoms with Gasteiger partial charge < -0.3 is 5.32 Å². The Kier molecular flexibility index (Phi) is 2.68. The Morgan fingerprint density at radius 3 is 2.80 bits per heavy atom. The van der Waals surface area contributed by atoms with E-state index in [1.165, 1.54) is 6.92 Å². The van der Waals surface area contributed by atoms with E-state index in [1.54, 1.807) is 6.07 Å². The van der Waals surface area contributed by atoms with Crippen LogP contribution in [0.4, 0.5) is 5.82 Å². The summed E-state index contributed by atoms with van der Waals surface area (Å²) in [6.07, 6.45) is 0. The first-order chi connectivity index (χ1) is 7.15. The third-order valence-corrected chi connectivity index (χ3v) is 2.45. The number of fused-ring (bicyclic) bond motifs is 1. The summed E-state index contributed by atoms with van der Waals surface area (Å²) in [5.41, 5.74) is 0.857. The summed E-state index contributed by atoms with van der Waals surface area (Å²) in [5, 5.41) is 3.70. The van der Waals surface area contributed by atoms with Crippen LogP contribution >= 0.6 is 15.9 Å². The Bertz CT molecular complexity index is 525. The number of hydrogen-bond acceptors (Lipinski definition) is 2. The van der Waals surface area contributed by atoms with Gasteiger partial charge in [0.05, 0.1) is 5.52 Å². The molecule has 0 atom stereocenters. The van der Waals surface area contributed by atoms with Crippen molar-refractivity contribution in [3.05, 3.63) is 34.8 Å². The lowest BCUT2D eigenvalue weighted by Crippen LogP contribution is -2.07. The van der Waals surface area contributed by atoms with Gasteiger partial charge in [-0.15, -0.1) is 0 Å². The molecule has 1 aromatic carbocycles. The fourth-order valence-corrected chi connectivity index (χ4v) is 1.69. The number of benzene rings is 1. The second-order valence-corrected chi connectivity index (χ2v) is 4.13. The standard InChI is InChI=1S/C11H9BrN2O/c1-7(15)13-11-5-3-8-2-4-9(12)6-10(8)14-11/h2-6H,1H3,(H,13,14,15). The highest BCUT2D eigenvalue weighted by atomic mass is 79.9. The molecule has 0 radical (unpaired) electrons. The number of nitrogens with zero attached hydrogens (tertiary/aromatic N) is 1. The van der Waals surface area contributed by atoms with Crippen LogP contribution in [0.1, 0.15) is 6.92 Å². The Balaban J connectivity index is 2.49. The second kappa shape index (κ2) is 3.98. The largest absolute Gasteiger partial charge is 0.311 e. The first kappa shape index (κ1) is 10.1. The zero-order chi connectivity index (χ0) is 10.8. The molecule has 0 spiro atoms. The van der Waals surface area contributed by atoms with Crippen molar-refractivity contribution < 1.29 is 4.79 Å². The molecule has 0 bridgehead atoms. The Hall–Kier alpha value is -1.42. The zero-order valence-corrected chi connectivity index (χ0v) is 9.71. The van der Waals surface area contributed by atoms with Gasteiger partial charge >= 0.3 is 0 Å². The molecular formula is C11H9BrN2O. The van der Waals surface area contributed by atoms with E-state index in [0.29, 0.717) is 5.82 Å². The van der Waals surface area contributed by atoms with Gasteiger partial charge in [-0.2, -0.15) is 0 Å². The van der Waals surface area contributed by atoms with Crippen molar-refractivity contribution in [3.8, 4) is 0 Å². The smallest absolute Gasteiger partial charge is 0.222 e. The molecule has 4 heteroatoms. The topological polar surface area (TPSA) is 42.0 Å². The SMILES string of the molecule is CC(=O)Nc1ccc2ccc(Br)cc2n1. The number of amides is 1. The van der Waals surface area contributed by atoms with E-state index in [0.717, 1.165) is 15.4 Å². The average molecular weight is 265 g/mol. The van der Waals surface area contributed by atoms with Gasteiger partial charge in [-0.1, -0.05) is 22.0 Å². The van der Waals surface area contributed by atoms with Crippen LogP contribution in [0.2, 0.25) is 0 Å². The van der Waals surface area contributed by atoms with Crippen LogP contribution in [0.15, 0.2) is 34.8 Å². The minimum atomic E-state index is -0.114. The van der Waals surface area contributed by atoms with Crippen molar-refractivity contribution >= 4 is 38.6 Å². The molecule has 0 aliphatic rings. The van der Waals surface area contributed by atoms with Crippen LogP contribution in [0, 0.1) is 0 Å². The predicted octanol–water partition coefficient (Wildman–Crippen LogP) is 2.96. The van der Waals surface area contributed by atoms with Crippen molar-refractivity contribution in [2.24, 2.45) is 0 Å². The molecule has 0 unspecified atom stereocenters. The fraction of sp³-hybridized carbons (Fsp3) is 0.0909. The molecule has 2 aromatic rings. The van der Waals surface area contributed by atoms with Crippen molar-refractivity contribution in [1.29, 1.82) is 0 Å². The Morgan fingerprint density at radius 1 is 1.33 bits per heavy atom. The number of anilines is 1. The lowest BCUT2D eigenvalue weighted by atomic mass is 10.2. The van der Waals surface area contributed by atoms with E-state index in [9.17, 15) is 4.79 Å². The molecule has 0 aliphatic carbocycles. The average Bonchev–Trinajstić information content (AvgIpc) is 2.16. The van der Waals surface area contributed by atoms with E-state index < -0.39 is 0 Å². The molecule has 1 amide bonds. The van der Waals surface area contributed by atoms with Crippen LogP contribution in [-0.2, 0) is 4.79 Å². The minimum Gasteiger partial charge on any atom is -0.311 e. The number of aromatic nitrogens is 1. The van der Waals surface area contributed by atoms with Gasteiger partial charge in [0, 0.05) is 16.8 Å². The molecule has 0 fully saturated rings. The number of nitrogens with one attached hydrogen (secondary N) is 1. The monoisotopic (exact) mass is 264 g/mol. The fourth-order valence-electron chi connectivity index (χ4n) is 1.34. The van der Waals surface area contributed by atoms with Crippen molar-refractivity contribution in [1.82, 2.24) is 4.98 Å². The third kappa shape index (κ3) is 2.33. The summed E-state index contributed by atoms with van der Waals surface area (Å²) in [6.45, 7) is 1.47. The number of carbonyl (C=O) groups is 1. The maximum Gasteiger partial charge on any atom is 0.222 e. The number of halogens is 1. The first-order valence-corrected chi connectivity index (χ1v) is 5.28. The highest BCUT2D eigenvalue weighted by molar-refractivity contribution is 9.10. The Labute approximate surface area is 95.6 Å². The molecule has 0 aliphatic heterocycles. The first-order valence-electron chi connectivity index (χ1n) is 4.49. The van der Waals surface area contributed by atoms with Crippen molar-refractivity contribution in [2.45, 2.75) is 6.92 Å². The van der Waals surface area contributed by atoms with Crippen molar-refractivity contribution in [2.75, 3.05) is 5.32 Å². The van der Waals surface area contributed by atoms with Crippen LogP contribution in [-0.4, -0.2) is 10.9 Å². The lowest BCUT2D eigenvalue weighted by molar-refractivity contribution is -0.114.